The van der Waals surface area contributed by atoms with Crippen LogP contribution in [-0.2, 0) is 21.2 Å². The third kappa shape index (κ3) is 3.87. The molecule has 6 nitrogen and oxygen atoms in total. The summed E-state index contributed by atoms with van der Waals surface area (Å²) in [7, 11) is -1.89. The SMILES string of the molecule is COc1cccc(CN2CCCC3(CNc4ccccc4[S+](=O)([O-])N3)C2)c1. The number of methoxy groups -OCH3 is 1. The molecular formula is C20H25N3O3S. The Hall–Kier alpha value is -1.93. The van der Waals surface area contributed by atoms with Crippen molar-refractivity contribution >= 4 is 16.1 Å². The number of hydrogen-bond acceptors (Lipinski definition) is 5. The highest BCUT2D eigenvalue weighted by Gasteiger charge is 2.44. The van der Waals surface area contributed by atoms with Gasteiger partial charge in [-0.2, -0.15) is 0 Å². The number of nitrogens with one attached hydrogen (secondary N) is 2. The summed E-state index contributed by atoms with van der Waals surface area (Å²) >= 11 is 0. The zero-order valence-corrected chi connectivity index (χ0v) is 16.3. The number of likely N-dealkylation sites (tertiary alicyclic amines) is 1. The van der Waals surface area contributed by atoms with Gasteiger partial charge in [0.05, 0.1) is 18.3 Å². The molecular weight excluding hydrogens is 362 g/mol. The van der Waals surface area contributed by atoms with Gasteiger partial charge in [-0.05, 0) is 49.2 Å². The molecule has 0 bridgehead atoms. The maximum atomic E-state index is 12.9. The van der Waals surface area contributed by atoms with Gasteiger partial charge in [-0.15, -0.1) is 4.72 Å². The van der Waals surface area contributed by atoms with Crippen molar-refractivity contribution in [3.05, 3.63) is 54.1 Å². The quantitative estimate of drug-likeness (QED) is 0.792. The molecule has 0 aliphatic carbocycles. The Morgan fingerprint density at radius 2 is 2.11 bits per heavy atom. The molecule has 27 heavy (non-hydrogen) atoms. The zero-order valence-electron chi connectivity index (χ0n) is 15.4. The number of para-hydroxylation sites is 1. The smallest absolute Gasteiger partial charge is 0.198 e. The van der Waals surface area contributed by atoms with Gasteiger partial charge in [-0.1, -0.05) is 28.5 Å². The lowest BCUT2D eigenvalue weighted by Gasteiger charge is -2.42. The standard InChI is InChI=1S/C20H25N3O3S/c1-26-17-7-4-6-16(12-17)13-23-11-5-10-20(15-23)14-21-18-8-2-3-9-19(18)27(24,25)22-20/h2-4,6-9,12,21H,5,10-11,13-15H2,1H3,(H-,22,24,25). The summed E-state index contributed by atoms with van der Waals surface area (Å²) < 4.78 is 34.2. The molecule has 2 aromatic rings. The van der Waals surface area contributed by atoms with Crippen LogP contribution < -0.4 is 14.8 Å². The van der Waals surface area contributed by atoms with Gasteiger partial charge in [0.25, 0.3) is 0 Å². The first-order chi connectivity index (χ1) is 13.0. The van der Waals surface area contributed by atoms with Crippen molar-refractivity contribution in [3.8, 4) is 5.75 Å². The first-order valence-corrected chi connectivity index (χ1v) is 10.7. The van der Waals surface area contributed by atoms with Crippen molar-refractivity contribution < 1.29 is 13.5 Å². The molecule has 2 heterocycles. The van der Waals surface area contributed by atoms with Crippen molar-refractivity contribution in [2.45, 2.75) is 29.8 Å². The van der Waals surface area contributed by atoms with Crippen molar-refractivity contribution in [1.82, 2.24) is 9.62 Å². The molecule has 2 atom stereocenters. The van der Waals surface area contributed by atoms with E-state index in [2.05, 4.69) is 21.0 Å². The number of fused-ring (bicyclic) bond motifs is 1. The Morgan fingerprint density at radius 3 is 2.96 bits per heavy atom. The lowest BCUT2D eigenvalue weighted by Crippen LogP contribution is -2.62. The Balaban J connectivity index is 1.54. The summed E-state index contributed by atoms with van der Waals surface area (Å²) in [5.74, 6) is 0.839. The number of nitrogens with zero attached hydrogens (tertiary/aromatic N) is 1. The predicted molar refractivity (Wildman–Crippen MR) is 105 cm³/mol. The number of sulfonamides is 1. The van der Waals surface area contributed by atoms with E-state index in [1.54, 1.807) is 19.2 Å². The van der Waals surface area contributed by atoms with Gasteiger partial charge in [0.1, 0.15) is 5.75 Å². The number of hydrogen-bond donors (Lipinski definition) is 2. The van der Waals surface area contributed by atoms with Gasteiger partial charge in [0.2, 0.25) is 0 Å². The molecule has 1 fully saturated rings. The topological polar surface area (TPSA) is 76.7 Å². The molecule has 2 N–H and O–H groups in total. The van der Waals surface area contributed by atoms with Gasteiger partial charge in [0.15, 0.2) is 15.3 Å². The van der Waals surface area contributed by atoms with Crippen LogP contribution in [0.25, 0.3) is 0 Å². The Kier molecular flexibility index (Phi) is 4.94. The van der Waals surface area contributed by atoms with Gasteiger partial charge < -0.3 is 14.6 Å². The second-order valence-corrected chi connectivity index (χ2v) is 9.05. The summed E-state index contributed by atoms with van der Waals surface area (Å²) in [6.45, 7) is 2.98. The van der Waals surface area contributed by atoms with Crippen LogP contribution in [0.3, 0.4) is 0 Å². The maximum absolute atomic E-state index is 12.9. The van der Waals surface area contributed by atoms with Crippen LogP contribution in [0.5, 0.6) is 5.75 Å². The molecule has 1 spiro atoms. The van der Waals surface area contributed by atoms with Crippen molar-refractivity contribution in [1.29, 1.82) is 0 Å². The lowest BCUT2D eigenvalue weighted by atomic mass is 9.89. The molecule has 0 saturated carbocycles. The van der Waals surface area contributed by atoms with E-state index >= 15 is 0 Å². The van der Waals surface area contributed by atoms with Crippen LogP contribution >= 0.6 is 0 Å². The third-order valence-electron chi connectivity index (χ3n) is 5.34. The zero-order chi connectivity index (χ0) is 18.9. The summed E-state index contributed by atoms with van der Waals surface area (Å²) in [5, 5.41) is 3.36. The van der Waals surface area contributed by atoms with E-state index in [1.807, 2.05) is 30.3 Å². The Morgan fingerprint density at radius 1 is 1.26 bits per heavy atom. The number of rotatable bonds is 3. The Labute approximate surface area is 161 Å². The predicted octanol–water partition coefficient (Wildman–Crippen LogP) is 2.65. The lowest BCUT2D eigenvalue weighted by molar-refractivity contribution is 0.137. The Bertz CT molecular complexity index is 875. The van der Waals surface area contributed by atoms with Gasteiger partial charge in [-0.3, -0.25) is 4.90 Å². The molecule has 2 aliphatic rings. The molecule has 0 amide bonds. The second-order valence-electron chi connectivity index (χ2n) is 7.40. The maximum Gasteiger partial charge on any atom is 0.198 e. The highest BCUT2D eigenvalue weighted by Crippen LogP contribution is 2.33. The molecule has 1 saturated heterocycles. The van der Waals surface area contributed by atoms with Crippen LogP contribution in [0.1, 0.15) is 18.4 Å². The monoisotopic (exact) mass is 387 g/mol. The minimum Gasteiger partial charge on any atom is -0.593 e. The average Bonchev–Trinajstić information content (AvgIpc) is 2.76. The molecule has 4 rings (SSSR count). The second kappa shape index (κ2) is 7.24. The fraction of sp³-hybridized carbons (Fsp3) is 0.400. The van der Waals surface area contributed by atoms with E-state index in [0.717, 1.165) is 31.7 Å². The molecule has 2 unspecified atom stereocenters. The van der Waals surface area contributed by atoms with Crippen molar-refractivity contribution in [2.24, 2.45) is 0 Å². The molecule has 7 heteroatoms. The number of anilines is 1. The van der Waals surface area contributed by atoms with E-state index in [1.165, 1.54) is 5.56 Å². The van der Waals surface area contributed by atoms with Crippen LogP contribution in [0.2, 0.25) is 0 Å². The van der Waals surface area contributed by atoms with E-state index < -0.39 is 15.9 Å². The van der Waals surface area contributed by atoms with Crippen molar-refractivity contribution in [3.63, 3.8) is 0 Å². The summed E-state index contributed by atoms with van der Waals surface area (Å²) in [4.78, 5) is 2.64. The van der Waals surface area contributed by atoms with Gasteiger partial charge in [-0.25, -0.2) is 0 Å². The van der Waals surface area contributed by atoms with Crippen LogP contribution in [0.15, 0.2) is 53.4 Å². The third-order valence-corrected chi connectivity index (χ3v) is 6.98. The minimum atomic E-state index is -3.55. The fourth-order valence-corrected chi connectivity index (χ4v) is 5.71. The van der Waals surface area contributed by atoms with Crippen LogP contribution in [-0.4, -0.2) is 41.7 Å². The van der Waals surface area contributed by atoms with Gasteiger partial charge in [0, 0.05) is 19.6 Å². The van der Waals surface area contributed by atoms with Crippen molar-refractivity contribution in [2.75, 3.05) is 32.1 Å². The van der Waals surface area contributed by atoms with Crippen LogP contribution in [0.4, 0.5) is 5.69 Å². The van der Waals surface area contributed by atoms with E-state index in [9.17, 15) is 8.76 Å². The first-order valence-electron chi connectivity index (χ1n) is 9.22. The van der Waals surface area contributed by atoms with E-state index in [4.69, 9.17) is 4.74 Å². The summed E-state index contributed by atoms with van der Waals surface area (Å²) in [6.07, 6.45) is 1.77. The molecule has 0 radical (unpaired) electrons. The fourth-order valence-electron chi connectivity index (χ4n) is 4.11. The number of ether oxygens (including phenoxy) is 1. The largest absolute Gasteiger partial charge is 0.593 e. The van der Waals surface area contributed by atoms with Gasteiger partial charge >= 0.3 is 0 Å². The number of benzene rings is 2. The number of piperidine rings is 1. The van der Waals surface area contributed by atoms with E-state index in [0.29, 0.717) is 23.7 Å². The molecule has 0 aromatic heterocycles. The highest BCUT2D eigenvalue weighted by molar-refractivity contribution is 7.96. The average molecular weight is 388 g/mol. The molecule has 2 aliphatic heterocycles. The van der Waals surface area contributed by atoms with E-state index in [-0.39, 0.29) is 0 Å². The molecule has 144 valence electrons. The first kappa shape index (κ1) is 18.4. The normalized spacial score (nSPS) is 28.2. The minimum absolute atomic E-state index is 0.326. The summed E-state index contributed by atoms with van der Waals surface area (Å²) in [5.41, 5.74) is 1.33. The molecule has 2 aromatic carbocycles. The highest BCUT2D eigenvalue weighted by atomic mass is 32.3. The van der Waals surface area contributed by atoms with Crippen LogP contribution in [0, 0.1) is 0 Å². The summed E-state index contributed by atoms with van der Waals surface area (Å²) in [6, 6.07) is 15.1.